The lowest BCUT2D eigenvalue weighted by Crippen LogP contribution is -2.57. The fourth-order valence-corrected chi connectivity index (χ4v) is 6.45. The number of hydrogen-bond acceptors (Lipinski definition) is 5. The summed E-state index contributed by atoms with van der Waals surface area (Å²) in [5, 5.41) is 11.4. The van der Waals surface area contributed by atoms with Crippen LogP contribution in [0.25, 0.3) is 0 Å². The van der Waals surface area contributed by atoms with Crippen molar-refractivity contribution in [3.63, 3.8) is 0 Å². The summed E-state index contributed by atoms with van der Waals surface area (Å²) in [6, 6.07) is 10.7. The number of piperidine rings is 2. The van der Waals surface area contributed by atoms with Gasteiger partial charge in [0.05, 0.1) is 16.7 Å². The Morgan fingerprint density at radius 1 is 0.953 bits per heavy atom. The van der Waals surface area contributed by atoms with Crippen LogP contribution >= 0.6 is 11.6 Å². The lowest BCUT2D eigenvalue weighted by Gasteiger charge is -2.40. The molecule has 0 radical (unpaired) electrons. The zero-order valence-electron chi connectivity index (χ0n) is 24.6. The summed E-state index contributed by atoms with van der Waals surface area (Å²) < 4.78 is 48.5. The van der Waals surface area contributed by atoms with Crippen molar-refractivity contribution in [3.8, 4) is 5.75 Å². The topological polar surface area (TPSA) is 73.3 Å². The number of carbonyl (C=O) groups excluding carboxylic acids is 2. The Morgan fingerprint density at radius 2 is 1.58 bits per heavy atom. The van der Waals surface area contributed by atoms with Gasteiger partial charge < -0.3 is 24.5 Å². The smallest absolute Gasteiger partial charge is 0.430 e. The Morgan fingerprint density at radius 3 is 2.14 bits per heavy atom. The Labute approximate surface area is 255 Å². The maximum atomic E-state index is 14.3. The molecule has 0 bridgehead atoms. The van der Waals surface area contributed by atoms with Crippen LogP contribution < -0.4 is 9.64 Å². The second-order valence-corrected chi connectivity index (χ2v) is 12.7. The van der Waals surface area contributed by atoms with E-state index in [1.165, 1.54) is 11.0 Å². The summed E-state index contributed by atoms with van der Waals surface area (Å²) in [5.41, 5.74) is -2.69. The standard InChI is InChI=1S/C32H39ClF3N3O4/c1-37(2)29(40)27-9-6-24(20-28(27)33)38-14-10-21(11-15-38)18-22-12-16-39(17-13-22)30(41)31(42,32(34,35)36)23-4-3-5-26(19-23)43-25-7-8-25/h3-6,9,19-22,25,42H,7-8,10-18H2,1-2H3/t31-/m1/s1. The first-order valence-electron chi connectivity index (χ1n) is 15.0. The van der Waals surface area contributed by atoms with Gasteiger partial charge in [0.1, 0.15) is 5.75 Å². The van der Waals surface area contributed by atoms with Crippen molar-refractivity contribution in [1.29, 1.82) is 0 Å². The summed E-state index contributed by atoms with van der Waals surface area (Å²) in [4.78, 5) is 30.5. The van der Waals surface area contributed by atoms with E-state index in [4.69, 9.17) is 16.3 Å². The molecule has 1 aliphatic carbocycles. The highest BCUT2D eigenvalue weighted by Crippen LogP contribution is 2.43. The molecule has 3 aliphatic rings. The highest BCUT2D eigenvalue weighted by Gasteiger charge is 2.62. The molecule has 2 heterocycles. The van der Waals surface area contributed by atoms with Crippen molar-refractivity contribution in [2.45, 2.75) is 62.8 Å². The quantitative estimate of drug-likeness (QED) is 0.399. The molecule has 7 nitrogen and oxygen atoms in total. The lowest BCUT2D eigenvalue weighted by molar-refractivity contribution is -0.262. The van der Waals surface area contributed by atoms with Gasteiger partial charge in [0.25, 0.3) is 17.4 Å². The lowest BCUT2D eigenvalue weighted by atomic mass is 9.82. The maximum Gasteiger partial charge on any atom is 0.430 e. The van der Waals surface area contributed by atoms with Gasteiger partial charge >= 0.3 is 6.18 Å². The molecule has 1 saturated carbocycles. The number of nitrogens with zero attached hydrogens (tertiary/aromatic N) is 3. The third kappa shape index (κ3) is 6.90. The van der Waals surface area contributed by atoms with Gasteiger partial charge in [0.2, 0.25) is 0 Å². The van der Waals surface area contributed by atoms with Crippen molar-refractivity contribution >= 4 is 29.1 Å². The number of benzene rings is 2. The zero-order valence-corrected chi connectivity index (χ0v) is 25.3. The van der Waals surface area contributed by atoms with Crippen LogP contribution in [-0.2, 0) is 10.4 Å². The summed E-state index contributed by atoms with van der Waals surface area (Å²) in [5.74, 6) is -0.457. The van der Waals surface area contributed by atoms with Crippen LogP contribution in [0.2, 0.25) is 5.02 Å². The molecule has 0 spiro atoms. The maximum absolute atomic E-state index is 14.3. The minimum Gasteiger partial charge on any atom is -0.490 e. The number of ether oxygens (including phenoxy) is 1. The molecule has 3 fully saturated rings. The number of aliphatic hydroxyl groups is 1. The molecule has 2 aromatic rings. The molecule has 2 saturated heterocycles. The number of rotatable bonds is 8. The van der Waals surface area contributed by atoms with Crippen LogP contribution in [0.3, 0.4) is 0 Å². The van der Waals surface area contributed by atoms with Crippen LogP contribution in [0.4, 0.5) is 18.9 Å². The van der Waals surface area contributed by atoms with Gasteiger partial charge in [-0.3, -0.25) is 9.59 Å². The van der Waals surface area contributed by atoms with E-state index in [2.05, 4.69) is 4.90 Å². The third-order valence-electron chi connectivity index (χ3n) is 8.94. The van der Waals surface area contributed by atoms with Gasteiger partial charge in [-0.05, 0) is 87.1 Å². The number of halogens is 4. The van der Waals surface area contributed by atoms with Crippen LogP contribution in [0.1, 0.15) is 60.9 Å². The molecule has 2 aliphatic heterocycles. The zero-order chi connectivity index (χ0) is 30.9. The van der Waals surface area contributed by atoms with E-state index in [0.29, 0.717) is 35.3 Å². The fourth-order valence-electron chi connectivity index (χ4n) is 6.20. The van der Waals surface area contributed by atoms with Gasteiger partial charge in [-0.25, -0.2) is 0 Å². The Kier molecular flexibility index (Phi) is 9.18. The second-order valence-electron chi connectivity index (χ2n) is 12.3. The molecule has 2 aromatic carbocycles. The average molecular weight is 622 g/mol. The molecule has 5 rings (SSSR count). The van der Waals surface area contributed by atoms with Crippen molar-refractivity contribution in [3.05, 3.63) is 58.6 Å². The van der Waals surface area contributed by atoms with Gasteiger partial charge in [0, 0.05) is 51.5 Å². The number of alkyl halides is 3. The van der Waals surface area contributed by atoms with E-state index in [1.54, 1.807) is 26.2 Å². The molecule has 11 heteroatoms. The summed E-state index contributed by atoms with van der Waals surface area (Å²) in [6.45, 7) is 2.05. The van der Waals surface area contributed by atoms with E-state index in [1.807, 2.05) is 12.1 Å². The number of amides is 2. The van der Waals surface area contributed by atoms with E-state index in [9.17, 15) is 27.9 Å². The van der Waals surface area contributed by atoms with Crippen LogP contribution in [0.15, 0.2) is 42.5 Å². The predicted molar refractivity (Wildman–Crippen MR) is 158 cm³/mol. The molecule has 0 unspecified atom stereocenters. The summed E-state index contributed by atoms with van der Waals surface area (Å²) >= 11 is 6.41. The number of carbonyl (C=O) groups is 2. The van der Waals surface area contributed by atoms with Crippen molar-refractivity contribution < 1.29 is 32.6 Å². The molecule has 2 amide bonds. The molecular weight excluding hydrogens is 583 g/mol. The summed E-state index contributed by atoms with van der Waals surface area (Å²) in [7, 11) is 3.37. The average Bonchev–Trinajstić information content (AvgIpc) is 3.80. The van der Waals surface area contributed by atoms with Crippen molar-refractivity contribution in [2.24, 2.45) is 11.8 Å². The Hall–Kier alpha value is -2.98. The number of hydrogen-bond donors (Lipinski definition) is 1. The number of anilines is 1. The van der Waals surface area contributed by atoms with Crippen LogP contribution in [0, 0.1) is 11.8 Å². The van der Waals surface area contributed by atoms with Crippen LogP contribution in [0.5, 0.6) is 5.75 Å². The van der Waals surface area contributed by atoms with Gasteiger partial charge in [-0.1, -0.05) is 23.7 Å². The molecule has 234 valence electrons. The normalized spacial score (nSPS) is 20.1. The first kappa shape index (κ1) is 31.4. The van der Waals surface area contributed by atoms with Gasteiger partial charge in [0.15, 0.2) is 0 Å². The molecule has 43 heavy (non-hydrogen) atoms. The van der Waals surface area contributed by atoms with E-state index < -0.39 is 23.2 Å². The van der Waals surface area contributed by atoms with Crippen molar-refractivity contribution in [2.75, 3.05) is 45.2 Å². The van der Waals surface area contributed by atoms with Gasteiger partial charge in [-0.15, -0.1) is 0 Å². The molecule has 1 N–H and O–H groups in total. The molecule has 1 atom stereocenters. The largest absolute Gasteiger partial charge is 0.490 e. The second kappa shape index (κ2) is 12.6. The first-order valence-corrected chi connectivity index (χ1v) is 15.4. The predicted octanol–water partition coefficient (Wildman–Crippen LogP) is 5.88. The Bertz CT molecular complexity index is 1320. The minimum atomic E-state index is -5.18. The monoisotopic (exact) mass is 621 g/mol. The third-order valence-corrected chi connectivity index (χ3v) is 9.25. The van der Waals surface area contributed by atoms with Crippen LogP contribution in [-0.4, -0.2) is 79.3 Å². The van der Waals surface area contributed by atoms with E-state index in [-0.39, 0.29) is 30.9 Å². The van der Waals surface area contributed by atoms with E-state index >= 15 is 0 Å². The Balaban J connectivity index is 1.14. The highest BCUT2D eigenvalue weighted by molar-refractivity contribution is 6.34. The number of likely N-dealkylation sites (tertiary alicyclic amines) is 1. The first-order chi connectivity index (χ1) is 20.4. The van der Waals surface area contributed by atoms with Crippen molar-refractivity contribution in [1.82, 2.24) is 9.80 Å². The fraction of sp³-hybridized carbons (Fsp3) is 0.562. The van der Waals surface area contributed by atoms with E-state index in [0.717, 1.165) is 67.9 Å². The minimum absolute atomic E-state index is 0.0266. The molecule has 0 aromatic heterocycles. The highest BCUT2D eigenvalue weighted by atomic mass is 35.5. The molecular formula is C32H39ClF3N3O4. The summed E-state index contributed by atoms with van der Waals surface area (Å²) in [6.07, 6.45) is 0.569. The van der Waals surface area contributed by atoms with Gasteiger partial charge in [-0.2, -0.15) is 13.2 Å². The SMILES string of the molecule is CN(C)C(=O)c1ccc(N2CCC(CC3CCN(C(=O)[C@](O)(c4cccc(OC5CC5)c4)C(F)(F)F)CC3)CC2)cc1Cl.